The van der Waals surface area contributed by atoms with Crippen LogP contribution in [-0.2, 0) is 19.9 Å². The van der Waals surface area contributed by atoms with Crippen LogP contribution >= 0.6 is 0 Å². The number of carboxylic acids is 1. The van der Waals surface area contributed by atoms with Crippen molar-refractivity contribution in [1.29, 1.82) is 0 Å². The summed E-state index contributed by atoms with van der Waals surface area (Å²) in [4.78, 5) is 26.1. The van der Waals surface area contributed by atoms with Crippen LogP contribution in [0.2, 0.25) is 0 Å². The van der Waals surface area contributed by atoms with Crippen molar-refractivity contribution in [2.45, 2.75) is 70.8 Å². The monoisotopic (exact) mass is 645 g/mol. The van der Waals surface area contributed by atoms with Crippen molar-refractivity contribution in [3.63, 3.8) is 0 Å². The molecule has 1 aliphatic heterocycles. The lowest BCUT2D eigenvalue weighted by Gasteiger charge is -2.43. The van der Waals surface area contributed by atoms with E-state index in [1.165, 1.54) is 0 Å². The summed E-state index contributed by atoms with van der Waals surface area (Å²) in [5.41, 5.74) is 0.700. The van der Waals surface area contributed by atoms with Crippen LogP contribution < -0.4 is 9.47 Å². The van der Waals surface area contributed by atoms with E-state index in [0.717, 1.165) is 60.3 Å². The Morgan fingerprint density at radius 1 is 0.702 bits per heavy atom. The first kappa shape index (κ1) is 36.0. The number of unbranched alkanes of at least 4 members (excludes halogenated alkanes) is 5. The molecule has 1 amide bonds. The van der Waals surface area contributed by atoms with Crippen LogP contribution in [0.5, 0.6) is 11.5 Å². The number of likely N-dealkylation sites (tertiary alicyclic amines) is 1. The highest BCUT2D eigenvalue weighted by molar-refractivity contribution is 5.76. The number of amides is 1. The average molecular weight is 646 g/mol. The fourth-order valence-corrected chi connectivity index (χ4v) is 6.68. The van der Waals surface area contributed by atoms with Gasteiger partial charge in [0.2, 0.25) is 5.91 Å². The van der Waals surface area contributed by atoms with Crippen molar-refractivity contribution in [3.05, 3.63) is 95.6 Å². The summed E-state index contributed by atoms with van der Waals surface area (Å²) in [6, 6.07) is 26.0. The molecule has 0 aliphatic carbocycles. The highest BCUT2D eigenvalue weighted by Gasteiger charge is 2.54. The van der Waals surface area contributed by atoms with E-state index < -0.39 is 22.4 Å². The maximum absolute atomic E-state index is 13.4. The third-order valence-corrected chi connectivity index (χ3v) is 10.1. The zero-order chi connectivity index (χ0) is 33.9. The highest BCUT2D eigenvalue weighted by Crippen LogP contribution is 2.49. The van der Waals surface area contributed by atoms with E-state index in [1.54, 1.807) is 14.2 Å². The lowest BCUT2D eigenvalue weighted by Crippen LogP contribution is -2.46. The highest BCUT2D eigenvalue weighted by atomic mass is 16.5. The van der Waals surface area contributed by atoms with E-state index in [0.29, 0.717) is 25.9 Å². The van der Waals surface area contributed by atoms with Gasteiger partial charge in [0.05, 0.1) is 27.4 Å². The molecule has 2 N–H and O–H groups in total. The topological polar surface area (TPSA) is 106 Å². The van der Waals surface area contributed by atoms with Crippen LogP contribution in [0.15, 0.2) is 78.9 Å². The van der Waals surface area contributed by atoms with Gasteiger partial charge in [-0.15, -0.1) is 0 Å². The smallest absolute Gasteiger partial charge is 0.303 e. The third-order valence-electron chi connectivity index (χ3n) is 10.1. The molecule has 4 rings (SSSR count). The Balaban J connectivity index is 1.57. The minimum atomic E-state index is -0.999. The molecular weight excluding hydrogens is 594 g/mol. The second-order valence-electron chi connectivity index (χ2n) is 13.3. The molecule has 2 atom stereocenters. The molecule has 8 nitrogen and oxygen atoms in total. The first-order valence-corrected chi connectivity index (χ1v) is 16.7. The van der Waals surface area contributed by atoms with Crippen molar-refractivity contribution < 1.29 is 34.0 Å². The molecular formula is C39H51NO7. The van der Waals surface area contributed by atoms with E-state index in [4.69, 9.17) is 19.3 Å². The number of benzene rings is 3. The summed E-state index contributed by atoms with van der Waals surface area (Å²) in [6.45, 7) is 5.32. The minimum absolute atomic E-state index is 0.0730. The van der Waals surface area contributed by atoms with Crippen LogP contribution in [0.3, 0.4) is 0 Å². The Morgan fingerprint density at radius 3 is 1.66 bits per heavy atom. The summed E-state index contributed by atoms with van der Waals surface area (Å²) in [6.07, 6.45) is 5.98. The summed E-state index contributed by atoms with van der Waals surface area (Å²) < 4.78 is 18.2. The number of rotatable bonds is 18. The molecule has 1 fully saturated rings. The van der Waals surface area contributed by atoms with Gasteiger partial charge < -0.3 is 29.3 Å². The maximum Gasteiger partial charge on any atom is 0.303 e. The number of carbonyl (C=O) groups excluding carboxylic acids is 1. The number of hydrogen-bond acceptors (Lipinski definition) is 6. The molecule has 0 spiro atoms. The van der Waals surface area contributed by atoms with Crippen molar-refractivity contribution in [3.8, 4) is 11.5 Å². The fraction of sp³-hybridized carbons (Fsp3) is 0.487. The normalized spacial score (nSPS) is 19.5. The van der Waals surface area contributed by atoms with Crippen molar-refractivity contribution in [2.24, 2.45) is 10.8 Å². The van der Waals surface area contributed by atoms with Gasteiger partial charge in [-0.25, -0.2) is 0 Å². The molecule has 0 radical (unpaired) electrons. The van der Waals surface area contributed by atoms with Gasteiger partial charge in [0, 0.05) is 36.8 Å². The minimum Gasteiger partial charge on any atom is -0.497 e. The summed E-state index contributed by atoms with van der Waals surface area (Å²) in [5.74, 6) is 0.835. The molecule has 1 saturated heterocycles. The number of aliphatic hydroxyl groups excluding tert-OH is 1. The predicted octanol–water partition coefficient (Wildman–Crippen LogP) is 7.06. The van der Waals surface area contributed by atoms with Crippen LogP contribution in [-0.4, -0.2) is 67.5 Å². The van der Waals surface area contributed by atoms with E-state index in [-0.39, 0.29) is 25.5 Å². The van der Waals surface area contributed by atoms with Crippen molar-refractivity contribution in [2.75, 3.05) is 40.5 Å². The Labute approximate surface area is 279 Å². The first-order valence-electron chi connectivity index (χ1n) is 16.7. The third kappa shape index (κ3) is 8.35. The van der Waals surface area contributed by atoms with E-state index in [2.05, 4.69) is 19.1 Å². The lowest BCUT2D eigenvalue weighted by atomic mass is 9.68. The summed E-state index contributed by atoms with van der Waals surface area (Å²) in [7, 11) is 3.29. The quantitative estimate of drug-likeness (QED) is 0.113. The molecule has 3 aromatic rings. The fourth-order valence-electron chi connectivity index (χ4n) is 6.68. The second kappa shape index (κ2) is 16.3. The van der Waals surface area contributed by atoms with Gasteiger partial charge in [-0.3, -0.25) is 9.59 Å². The van der Waals surface area contributed by atoms with Gasteiger partial charge in [0.25, 0.3) is 0 Å². The van der Waals surface area contributed by atoms with Gasteiger partial charge in [-0.2, -0.15) is 0 Å². The standard InChI is InChI=1S/C39H51NO7/c1-37(28-41)26-40(35(42)16-12-7-5-6-8-13-17-36(43)44)27-38(37,2)29-47-39(30-14-10-9-11-15-30,31-18-22-33(45-3)23-19-31)32-20-24-34(46-4)25-21-32/h9-11,14-15,18-25,41H,5-8,12-13,16-17,26-29H2,1-4H3,(H,43,44)/t37-,38+/m1/s1. The number of aliphatic hydroxyl groups is 1. The Kier molecular flexibility index (Phi) is 12.5. The maximum atomic E-state index is 13.4. The van der Waals surface area contributed by atoms with Gasteiger partial charge in [-0.1, -0.05) is 94.1 Å². The Hall–Kier alpha value is -3.88. The van der Waals surface area contributed by atoms with E-state index >= 15 is 0 Å². The van der Waals surface area contributed by atoms with Crippen molar-refractivity contribution in [1.82, 2.24) is 4.90 Å². The molecule has 1 heterocycles. The van der Waals surface area contributed by atoms with Crippen LogP contribution in [0.1, 0.15) is 81.9 Å². The van der Waals surface area contributed by atoms with E-state index in [9.17, 15) is 14.7 Å². The number of carbonyl (C=O) groups is 2. The number of hydrogen-bond donors (Lipinski definition) is 2. The van der Waals surface area contributed by atoms with Crippen LogP contribution in [0.25, 0.3) is 0 Å². The molecule has 0 unspecified atom stereocenters. The van der Waals surface area contributed by atoms with Crippen LogP contribution in [0.4, 0.5) is 0 Å². The molecule has 8 heteroatoms. The number of methoxy groups -OCH3 is 2. The summed E-state index contributed by atoms with van der Waals surface area (Å²) >= 11 is 0. The lowest BCUT2D eigenvalue weighted by molar-refractivity contribution is -0.137. The Bertz CT molecular complexity index is 1380. The zero-order valence-corrected chi connectivity index (χ0v) is 28.4. The predicted molar refractivity (Wildman–Crippen MR) is 183 cm³/mol. The second-order valence-corrected chi connectivity index (χ2v) is 13.3. The zero-order valence-electron chi connectivity index (χ0n) is 28.4. The molecule has 254 valence electrons. The average Bonchev–Trinajstić information content (AvgIpc) is 3.37. The molecule has 0 saturated carbocycles. The molecule has 1 aliphatic rings. The van der Waals surface area contributed by atoms with Gasteiger partial charge >= 0.3 is 5.97 Å². The summed E-state index contributed by atoms with van der Waals surface area (Å²) in [5, 5.41) is 19.6. The number of nitrogens with zero attached hydrogens (tertiary/aromatic N) is 1. The first-order chi connectivity index (χ1) is 22.6. The molecule has 0 bridgehead atoms. The number of aliphatic carboxylic acids is 1. The van der Waals surface area contributed by atoms with Crippen LogP contribution in [0, 0.1) is 10.8 Å². The largest absolute Gasteiger partial charge is 0.497 e. The number of carboxylic acid groups (broad SMARTS) is 1. The van der Waals surface area contributed by atoms with E-state index in [1.807, 2.05) is 78.6 Å². The number of ether oxygens (including phenoxy) is 3. The van der Waals surface area contributed by atoms with Gasteiger partial charge in [0.1, 0.15) is 17.1 Å². The van der Waals surface area contributed by atoms with Gasteiger partial charge in [0.15, 0.2) is 0 Å². The van der Waals surface area contributed by atoms with Gasteiger partial charge in [-0.05, 0) is 53.8 Å². The molecule has 0 aromatic heterocycles. The SMILES string of the molecule is COc1ccc(C(OC[C@]2(C)CN(C(=O)CCCCCCCCC(=O)O)C[C@]2(C)CO)(c2ccccc2)c2ccc(OC)cc2)cc1. The molecule has 3 aromatic carbocycles. The Morgan fingerprint density at radius 2 is 1.17 bits per heavy atom. The van der Waals surface area contributed by atoms with Crippen molar-refractivity contribution >= 4 is 11.9 Å². The molecule has 47 heavy (non-hydrogen) atoms.